The van der Waals surface area contributed by atoms with Gasteiger partial charge in [-0.3, -0.25) is 4.79 Å². The van der Waals surface area contributed by atoms with Crippen molar-refractivity contribution in [2.24, 2.45) is 0 Å². The molecule has 0 aliphatic carbocycles. The second-order valence-corrected chi connectivity index (χ2v) is 5.89. The first-order valence-corrected chi connectivity index (χ1v) is 8.42. The van der Waals surface area contributed by atoms with Gasteiger partial charge >= 0.3 is 0 Å². The Hall–Kier alpha value is -3.54. The largest absolute Gasteiger partial charge is 0.486 e. The van der Waals surface area contributed by atoms with Crippen molar-refractivity contribution in [3.63, 3.8) is 0 Å². The van der Waals surface area contributed by atoms with Gasteiger partial charge in [0.1, 0.15) is 30.5 Å². The Labute approximate surface area is 155 Å². The summed E-state index contributed by atoms with van der Waals surface area (Å²) >= 11 is 0. The number of ether oxygens (including phenoxy) is 3. The number of hydrogen-bond acceptors (Lipinski definition) is 4. The second kappa shape index (κ2) is 7.37. The molecule has 1 heterocycles. The molecule has 0 saturated heterocycles. The Morgan fingerprint density at radius 1 is 0.852 bits per heavy atom. The minimum Gasteiger partial charge on any atom is -0.486 e. The molecule has 1 aliphatic heterocycles. The van der Waals surface area contributed by atoms with E-state index in [1.807, 2.05) is 0 Å². The minimum absolute atomic E-state index is 0.250. The lowest BCUT2D eigenvalue weighted by molar-refractivity contribution is 0.102. The molecule has 136 valence electrons. The molecule has 0 bridgehead atoms. The van der Waals surface area contributed by atoms with Gasteiger partial charge in [-0.05, 0) is 60.7 Å². The Kier molecular flexibility index (Phi) is 4.61. The van der Waals surface area contributed by atoms with Crippen LogP contribution in [0.3, 0.4) is 0 Å². The third-order valence-electron chi connectivity index (χ3n) is 3.97. The zero-order chi connectivity index (χ0) is 18.6. The van der Waals surface area contributed by atoms with Crippen LogP contribution in [0.5, 0.6) is 23.0 Å². The van der Waals surface area contributed by atoms with E-state index in [0.29, 0.717) is 47.5 Å². The number of carbonyl (C=O) groups excluding carboxylic acids is 1. The van der Waals surface area contributed by atoms with Gasteiger partial charge in [-0.1, -0.05) is 0 Å². The fourth-order valence-electron chi connectivity index (χ4n) is 2.64. The molecule has 0 aromatic heterocycles. The second-order valence-electron chi connectivity index (χ2n) is 5.89. The SMILES string of the molecule is O=C(Nc1ccc2c(c1)OCCO2)c1ccc(Oc2ccc(F)cc2)cc1. The molecule has 0 atom stereocenters. The van der Waals surface area contributed by atoms with E-state index in [-0.39, 0.29) is 11.7 Å². The summed E-state index contributed by atoms with van der Waals surface area (Å²) in [5, 5.41) is 2.83. The molecular weight excluding hydrogens is 349 g/mol. The number of carbonyl (C=O) groups is 1. The number of rotatable bonds is 4. The van der Waals surface area contributed by atoms with Gasteiger partial charge < -0.3 is 19.5 Å². The van der Waals surface area contributed by atoms with Crippen molar-refractivity contribution >= 4 is 11.6 Å². The van der Waals surface area contributed by atoms with Crippen molar-refractivity contribution in [1.82, 2.24) is 0 Å². The summed E-state index contributed by atoms with van der Waals surface area (Å²) in [5.74, 6) is 1.78. The minimum atomic E-state index is -0.325. The molecule has 27 heavy (non-hydrogen) atoms. The first kappa shape index (κ1) is 16.9. The Balaban J connectivity index is 1.42. The van der Waals surface area contributed by atoms with Crippen molar-refractivity contribution in [1.29, 1.82) is 0 Å². The summed E-state index contributed by atoms with van der Waals surface area (Å²) in [7, 11) is 0. The highest BCUT2D eigenvalue weighted by Gasteiger charge is 2.13. The fraction of sp³-hybridized carbons (Fsp3) is 0.0952. The number of hydrogen-bond donors (Lipinski definition) is 1. The highest BCUT2D eigenvalue weighted by Crippen LogP contribution is 2.32. The highest BCUT2D eigenvalue weighted by atomic mass is 19.1. The average molecular weight is 365 g/mol. The number of benzene rings is 3. The van der Waals surface area contributed by atoms with Crippen LogP contribution < -0.4 is 19.5 Å². The van der Waals surface area contributed by atoms with Gasteiger partial charge in [-0.25, -0.2) is 4.39 Å². The van der Waals surface area contributed by atoms with Crippen molar-refractivity contribution in [3.8, 4) is 23.0 Å². The molecule has 4 rings (SSSR count). The molecule has 0 fully saturated rings. The van der Waals surface area contributed by atoms with Crippen LogP contribution in [0.15, 0.2) is 66.7 Å². The highest BCUT2D eigenvalue weighted by molar-refractivity contribution is 6.04. The number of halogens is 1. The first-order valence-electron chi connectivity index (χ1n) is 8.42. The van der Waals surface area contributed by atoms with E-state index in [1.54, 1.807) is 42.5 Å². The van der Waals surface area contributed by atoms with Gasteiger partial charge in [0, 0.05) is 17.3 Å². The number of nitrogens with one attached hydrogen (secondary N) is 1. The number of amides is 1. The monoisotopic (exact) mass is 365 g/mol. The molecule has 0 spiro atoms. The van der Waals surface area contributed by atoms with Crippen LogP contribution in [0.25, 0.3) is 0 Å². The van der Waals surface area contributed by atoms with Gasteiger partial charge in [-0.15, -0.1) is 0 Å². The topological polar surface area (TPSA) is 56.8 Å². The summed E-state index contributed by atoms with van der Waals surface area (Å²) in [6.45, 7) is 1.00. The predicted octanol–water partition coefficient (Wildman–Crippen LogP) is 4.64. The number of fused-ring (bicyclic) bond motifs is 1. The predicted molar refractivity (Wildman–Crippen MR) is 98.3 cm³/mol. The van der Waals surface area contributed by atoms with E-state index in [0.717, 1.165) is 0 Å². The maximum Gasteiger partial charge on any atom is 0.255 e. The van der Waals surface area contributed by atoms with E-state index >= 15 is 0 Å². The van der Waals surface area contributed by atoms with E-state index < -0.39 is 0 Å². The summed E-state index contributed by atoms with van der Waals surface area (Å²) < 4.78 is 29.5. The van der Waals surface area contributed by atoms with E-state index in [1.165, 1.54) is 24.3 Å². The lowest BCUT2D eigenvalue weighted by Gasteiger charge is -2.19. The summed E-state index contributed by atoms with van der Waals surface area (Å²) in [4.78, 5) is 12.4. The van der Waals surface area contributed by atoms with Crippen LogP contribution in [-0.2, 0) is 0 Å². The molecule has 1 N–H and O–H groups in total. The summed E-state index contributed by atoms with van der Waals surface area (Å²) in [6.07, 6.45) is 0. The molecular formula is C21H16FNO4. The molecule has 0 saturated carbocycles. The number of anilines is 1. The Morgan fingerprint density at radius 2 is 1.48 bits per heavy atom. The van der Waals surface area contributed by atoms with E-state index in [9.17, 15) is 9.18 Å². The quantitative estimate of drug-likeness (QED) is 0.732. The van der Waals surface area contributed by atoms with Crippen LogP contribution in [0.1, 0.15) is 10.4 Å². The third-order valence-corrected chi connectivity index (χ3v) is 3.97. The van der Waals surface area contributed by atoms with Gasteiger partial charge in [0.25, 0.3) is 5.91 Å². The van der Waals surface area contributed by atoms with E-state index in [2.05, 4.69) is 5.32 Å². The summed E-state index contributed by atoms with van der Waals surface area (Å²) in [5.41, 5.74) is 1.10. The van der Waals surface area contributed by atoms with Crippen molar-refractivity contribution in [2.75, 3.05) is 18.5 Å². The van der Waals surface area contributed by atoms with E-state index in [4.69, 9.17) is 14.2 Å². The Bertz CT molecular complexity index is 955. The maximum absolute atomic E-state index is 12.9. The zero-order valence-electron chi connectivity index (χ0n) is 14.3. The molecule has 6 heteroatoms. The van der Waals surface area contributed by atoms with Gasteiger partial charge in [-0.2, -0.15) is 0 Å². The fourth-order valence-corrected chi connectivity index (χ4v) is 2.64. The molecule has 1 amide bonds. The van der Waals surface area contributed by atoms with Crippen molar-refractivity contribution in [2.45, 2.75) is 0 Å². The first-order chi connectivity index (χ1) is 13.2. The lowest BCUT2D eigenvalue weighted by Crippen LogP contribution is -2.16. The molecule has 3 aromatic rings. The van der Waals surface area contributed by atoms with Crippen LogP contribution in [0, 0.1) is 5.82 Å². The normalized spacial score (nSPS) is 12.3. The zero-order valence-corrected chi connectivity index (χ0v) is 14.3. The lowest BCUT2D eigenvalue weighted by atomic mass is 10.2. The van der Waals surface area contributed by atoms with Crippen molar-refractivity contribution in [3.05, 3.63) is 78.1 Å². The van der Waals surface area contributed by atoms with Crippen LogP contribution in [0.4, 0.5) is 10.1 Å². The standard InChI is InChI=1S/C21H16FNO4/c22-15-3-8-18(9-4-15)27-17-6-1-14(2-7-17)21(24)23-16-5-10-19-20(13-16)26-12-11-25-19/h1-10,13H,11-12H2,(H,23,24). The van der Waals surface area contributed by atoms with Gasteiger partial charge in [0.05, 0.1) is 0 Å². The van der Waals surface area contributed by atoms with Crippen molar-refractivity contribution < 1.29 is 23.4 Å². The average Bonchev–Trinajstić information content (AvgIpc) is 2.70. The molecule has 0 unspecified atom stereocenters. The molecule has 0 radical (unpaired) electrons. The molecule has 5 nitrogen and oxygen atoms in total. The maximum atomic E-state index is 12.9. The Morgan fingerprint density at radius 3 is 2.19 bits per heavy atom. The van der Waals surface area contributed by atoms with Gasteiger partial charge in [0.15, 0.2) is 11.5 Å². The molecule has 3 aromatic carbocycles. The van der Waals surface area contributed by atoms with Crippen LogP contribution in [-0.4, -0.2) is 19.1 Å². The summed E-state index contributed by atoms with van der Waals surface area (Å²) in [6, 6.07) is 17.7. The van der Waals surface area contributed by atoms with Gasteiger partial charge in [0.2, 0.25) is 0 Å². The smallest absolute Gasteiger partial charge is 0.255 e. The molecule has 1 aliphatic rings. The van der Waals surface area contributed by atoms with Crippen LogP contribution in [0.2, 0.25) is 0 Å². The third kappa shape index (κ3) is 4.00. The van der Waals surface area contributed by atoms with Crippen LogP contribution >= 0.6 is 0 Å².